The van der Waals surface area contributed by atoms with Gasteiger partial charge in [-0.3, -0.25) is 4.57 Å². The summed E-state index contributed by atoms with van der Waals surface area (Å²) in [4.78, 5) is 19.5. The molecule has 0 atom stereocenters. The average molecular weight is 702 g/mol. The topological polar surface area (TPSA) is 118 Å². The van der Waals surface area contributed by atoms with Crippen molar-refractivity contribution in [3.8, 4) is 0 Å². The molecule has 0 saturated heterocycles. The molecule has 0 spiro atoms. The van der Waals surface area contributed by atoms with E-state index < -0.39 is 28.8 Å². The maximum atomic E-state index is 14.0. The van der Waals surface area contributed by atoms with Gasteiger partial charge in [-0.25, -0.2) is 13.6 Å². The Morgan fingerprint density at radius 1 is 0.973 bits per heavy atom. The van der Waals surface area contributed by atoms with Crippen molar-refractivity contribution in [1.29, 1.82) is 0 Å². The van der Waals surface area contributed by atoms with E-state index in [4.69, 9.17) is 38.1 Å². The fourth-order valence-electron chi connectivity index (χ4n) is 2.93. The van der Waals surface area contributed by atoms with Crippen LogP contribution in [0.2, 0.25) is 10.0 Å². The second kappa shape index (κ2) is 13.3. The predicted octanol–water partition coefficient (Wildman–Crippen LogP) is 4.22. The minimum atomic E-state index is -5.67. The quantitative estimate of drug-likeness (QED) is 0.174. The van der Waals surface area contributed by atoms with Gasteiger partial charge in [-0.1, -0.05) is 57.3 Å². The van der Waals surface area contributed by atoms with Crippen LogP contribution in [0.4, 0.5) is 8.78 Å². The monoisotopic (exact) mass is 700 g/mol. The van der Waals surface area contributed by atoms with Crippen LogP contribution in [0.1, 0.15) is 16.7 Å². The van der Waals surface area contributed by atoms with E-state index in [1.807, 2.05) is 24.3 Å². The molecule has 0 aliphatic heterocycles. The first kappa shape index (κ1) is 33.5. The van der Waals surface area contributed by atoms with E-state index >= 15 is 0 Å². The van der Waals surface area contributed by atoms with Gasteiger partial charge in [0, 0.05) is 36.4 Å². The predicted molar refractivity (Wildman–Crippen MR) is 143 cm³/mol. The largest absolute Gasteiger partial charge is 1.00 e. The van der Waals surface area contributed by atoms with Crippen molar-refractivity contribution in [3.63, 3.8) is 0 Å². The number of rotatable bonds is 9. The third-order valence-electron chi connectivity index (χ3n) is 4.74. The smallest absolute Gasteiger partial charge is 0.320 e. The molecule has 16 heteroatoms. The molecule has 0 saturated carbocycles. The van der Waals surface area contributed by atoms with E-state index in [2.05, 4.69) is 15.9 Å². The van der Waals surface area contributed by atoms with Crippen LogP contribution in [0.5, 0.6) is 0 Å². The van der Waals surface area contributed by atoms with Gasteiger partial charge in [0.1, 0.15) is 4.90 Å². The number of hydrogen-bond acceptors (Lipinski definition) is 5. The summed E-state index contributed by atoms with van der Waals surface area (Å²) < 4.78 is 62.5. The Morgan fingerprint density at radius 3 is 2.11 bits per heavy atom. The van der Waals surface area contributed by atoms with Gasteiger partial charge in [-0.05, 0) is 47.5 Å². The third kappa shape index (κ3) is 8.66. The summed E-state index contributed by atoms with van der Waals surface area (Å²) in [6.07, 6.45) is 0. The van der Waals surface area contributed by atoms with Crippen LogP contribution < -0.4 is 34.7 Å². The molecule has 0 radical (unpaired) electrons. The first-order valence-electron chi connectivity index (χ1n) is 9.68. The Kier molecular flexibility index (Phi) is 12.1. The van der Waals surface area contributed by atoms with Crippen LogP contribution in [-0.2, 0) is 31.8 Å². The molecule has 0 amide bonds. The van der Waals surface area contributed by atoms with E-state index in [-0.39, 0.29) is 43.9 Å². The molecule has 0 aliphatic carbocycles. The van der Waals surface area contributed by atoms with Gasteiger partial charge in [0.15, 0.2) is 0 Å². The number of thioether (sulfide) groups is 2. The van der Waals surface area contributed by atoms with E-state index in [1.54, 1.807) is 0 Å². The van der Waals surface area contributed by atoms with E-state index in [0.29, 0.717) is 27.7 Å². The molecule has 37 heavy (non-hydrogen) atoms. The van der Waals surface area contributed by atoms with Crippen molar-refractivity contribution in [2.24, 2.45) is 5.14 Å². The van der Waals surface area contributed by atoms with Crippen LogP contribution in [-0.4, -0.2) is 18.2 Å². The molecule has 3 rings (SSSR count). The van der Waals surface area contributed by atoms with Crippen molar-refractivity contribution in [3.05, 3.63) is 85.8 Å². The van der Waals surface area contributed by atoms with Gasteiger partial charge in [0.2, 0.25) is 10.0 Å². The normalized spacial score (nSPS) is 12.3. The van der Waals surface area contributed by atoms with Crippen LogP contribution in [0.15, 0.2) is 73.8 Å². The van der Waals surface area contributed by atoms with Crippen molar-refractivity contribution in [2.45, 2.75) is 31.9 Å². The fourth-order valence-corrected chi connectivity index (χ4v) is 7.68. The maximum absolute atomic E-state index is 14.0. The van der Waals surface area contributed by atoms with Crippen molar-refractivity contribution >= 4 is 80.3 Å². The Balaban J connectivity index is 0.00000481. The molecule has 0 aromatic heterocycles. The second-order valence-electron chi connectivity index (χ2n) is 7.37. The molecule has 0 heterocycles. The minimum Gasteiger partial charge on any atom is -0.320 e. The van der Waals surface area contributed by atoms with Crippen LogP contribution in [0, 0.1) is 0 Å². The summed E-state index contributed by atoms with van der Waals surface area (Å²) in [5.74, 6) is 0.768. The average Bonchev–Trinajstić information content (AvgIpc) is 2.75. The third-order valence-corrected chi connectivity index (χ3v) is 10.2. The zero-order valence-corrected chi connectivity index (χ0v) is 27.3. The number of halogens is 5. The summed E-state index contributed by atoms with van der Waals surface area (Å²) in [7, 11) is -9.67. The number of hydrogen-bond donors (Lipinski definition) is 3. The summed E-state index contributed by atoms with van der Waals surface area (Å²) >= 11 is 18.0. The Labute approximate surface area is 261 Å². The molecule has 194 valence electrons. The molecule has 6 nitrogen and oxygen atoms in total. The second-order valence-corrected chi connectivity index (χ2v) is 14.3. The van der Waals surface area contributed by atoms with Gasteiger partial charge in [0.05, 0.1) is 5.02 Å². The Bertz CT molecular complexity index is 1460. The molecular formula is C21H17BrCl2F2NNaO5PS3+. The van der Waals surface area contributed by atoms with Gasteiger partial charge in [-0.15, -0.1) is 23.5 Å². The van der Waals surface area contributed by atoms with Crippen molar-refractivity contribution in [2.75, 3.05) is 0 Å². The summed E-state index contributed by atoms with van der Waals surface area (Å²) in [6, 6.07) is 14.0. The van der Waals surface area contributed by atoms with E-state index in [9.17, 15) is 21.8 Å². The molecule has 4 N–H and O–H groups in total. The number of alkyl halides is 2. The Hall–Kier alpha value is 0.340. The van der Waals surface area contributed by atoms with Crippen LogP contribution >= 0.6 is 70.3 Å². The van der Waals surface area contributed by atoms with Gasteiger partial charge in [-0.2, -0.15) is 8.78 Å². The van der Waals surface area contributed by atoms with Crippen LogP contribution in [0.25, 0.3) is 0 Å². The fraction of sp³-hybridized carbons (Fsp3) is 0.143. The van der Waals surface area contributed by atoms with Crippen molar-refractivity contribution in [1.82, 2.24) is 0 Å². The minimum absolute atomic E-state index is 0. The van der Waals surface area contributed by atoms with E-state index in [1.165, 1.54) is 47.8 Å². The standard InChI is InChI=1S/C21H17BrCl2F2NO5PS3.Na/c22-17-6-12(4-5-16(17)21(25,26)33(28,29)30)10-34-14-2-1-3-15(8-14)35-11-13-7-20(36(27,31)32)19(24)9-18(13)23;/h1-9H,10-11H2,(H2,27,31,32)(H2,28,29,30);/q;+1. The zero-order valence-electron chi connectivity index (χ0n) is 18.9. The van der Waals surface area contributed by atoms with Gasteiger partial charge >= 0.3 is 42.8 Å². The summed E-state index contributed by atoms with van der Waals surface area (Å²) in [6.45, 7) is 0. The van der Waals surface area contributed by atoms with Crippen molar-refractivity contribution < 1.29 is 61.1 Å². The van der Waals surface area contributed by atoms with Crippen LogP contribution in [0.3, 0.4) is 0 Å². The van der Waals surface area contributed by atoms with Gasteiger partial charge < -0.3 is 9.79 Å². The molecule has 0 fully saturated rings. The molecule has 3 aromatic rings. The van der Waals surface area contributed by atoms with E-state index in [0.717, 1.165) is 15.9 Å². The number of benzene rings is 3. The first-order chi connectivity index (χ1) is 16.6. The SMILES string of the molecule is NS(=O)(=O)c1cc(CSc2cccc(SCc3ccc(C(F)(F)P(=O)(O)O)c(Br)c3)c2)c(Cl)cc1Cl.[Na+]. The Morgan fingerprint density at radius 2 is 1.57 bits per heavy atom. The first-order valence-corrected chi connectivity index (χ1v) is 16.4. The number of sulfonamides is 1. The number of nitrogens with two attached hydrogens (primary N) is 1. The van der Waals surface area contributed by atoms with Gasteiger partial charge in [0.25, 0.3) is 0 Å². The molecular weight excluding hydrogens is 685 g/mol. The summed E-state index contributed by atoms with van der Waals surface area (Å²) in [5, 5.41) is 5.46. The molecule has 0 bridgehead atoms. The molecule has 0 aliphatic rings. The summed E-state index contributed by atoms with van der Waals surface area (Å²) in [5.41, 5.74) is -3.87. The molecule has 3 aromatic carbocycles. The maximum Gasteiger partial charge on any atom is 1.00 e. The molecule has 0 unspecified atom stereocenters. The number of primary sulfonamides is 1. The zero-order chi connectivity index (χ0) is 26.9.